The van der Waals surface area contributed by atoms with Gasteiger partial charge in [0.25, 0.3) is 11.8 Å². The fraction of sp³-hybridized carbons (Fsp3) is 0.0556. The van der Waals surface area contributed by atoms with Gasteiger partial charge in [0.2, 0.25) is 0 Å². The van der Waals surface area contributed by atoms with Crippen molar-refractivity contribution in [2.75, 3.05) is 0 Å². The Kier molecular flexibility index (Phi) is 5.04. The van der Waals surface area contributed by atoms with Gasteiger partial charge in [0.15, 0.2) is 0 Å². The number of nitrogens with one attached hydrogen (secondary N) is 2. The monoisotopic (exact) mass is 373 g/mol. The number of aromatic nitrogens is 1. The molecule has 0 saturated carbocycles. The van der Waals surface area contributed by atoms with Crippen LogP contribution in [0.1, 0.15) is 25.7 Å². The third kappa shape index (κ3) is 3.92. The average molecular weight is 373 g/mol. The molecule has 0 aliphatic heterocycles. The number of hydrogen-bond donors (Lipinski definition) is 2. The lowest BCUT2D eigenvalue weighted by atomic mass is 10.2. The molecule has 0 fully saturated rings. The van der Waals surface area contributed by atoms with Gasteiger partial charge in [-0.2, -0.15) is 0 Å². The maximum atomic E-state index is 13.2. The van der Waals surface area contributed by atoms with E-state index in [4.69, 9.17) is 0 Å². The van der Waals surface area contributed by atoms with Gasteiger partial charge in [-0.3, -0.25) is 20.4 Å². The fourth-order valence-corrected chi connectivity index (χ4v) is 3.21. The van der Waals surface area contributed by atoms with Crippen molar-refractivity contribution in [3.8, 4) is 10.6 Å². The fourth-order valence-electron chi connectivity index (χ4n) is 2.24. The van der Waals surface area contributed by atoms with Crippen LogP contribution < -0.4 is 10.9 Å². The molecular weight excluding hydrogens is 360 g/mol. The van der Waals surface area contributed by atoms with E-state index in [1.807, 2.05) is 30.3 Å². The number of hydrazine groups is 1. The Morgan fingerprint density at radius 2 is 1.58 bits per heavy atom. The largest absolute Gasteiger partial charge is 0.281 e. The number of thiazole rings is 1. The maximum Gasteiger partial charge on any atom is 0.281 e. The van der Waals surface area contributed by atoms with Crippen molar-refractivity contribution in [2.45, 2.75) is 6.92 Å². The van der Waals surface area contributed by atoms with E-state index in [1.54, 1.807) is 6.92 Å². The molecule has 0 aliphatic rings. The Hall–Kier alpha value is -3.13. The summed E-state index contributed by atoms with van der Waals surface area (Å²) >= 11 is 1.18. The first-order valence-corrected chi connectivity index (χ1v) is 8.35. The van der Waals surface area contributed by atoms with E-state index in [-0.39, 0.29) is 5.56 Å². The number of benzene rings is 2. The molecule has 5 nitrogen and oxygen atoms in total. The van der Waals surface area contributed by atoms with Crippen LogP contribution in [0.5, 0.6) is 0 Å². The molecule has 1 aromatic heterocycles. The molecule has 2 amide bonds. The number of carbonyl (C=O) groups is 2. The van der Waals surface area contributed by atoms with Crippen molar-refractivity contribution >= 4 is 23.2 Å². The van der Waals surface area contributed by atoms with Gasteiger partial charge in [0.05, 0.1) is 5.69 Å². The Morgan fingerprint density at radius 1 is 0.962 bits per heavy atom. The van der Waals surface area contributed by atoms with E-state index >= 15 is 0 Å². The summed E-state index contributed by atoms with van der Waals surface area (Å²) in [5, 5.41) is 0.673. The first-order chi connectivity index (χ1) is 12.4. The lowest BCUT2D eigenvalue weighted by Gasteiger charge is -2.07. The zero-order chi connectivity index (χ0) is 18.7. The van der Waals surface area contributed by atoms with Crippen LogP contribution in [0.15, 0.2) is 48.5 Å². The molecule has 0 bridgehead atoms. The predicted molar refractivity (Wildman–Crippen MR) is 93.6 cm³/mol. The second-order valence-electron chi connectivity index (χ2n) is 5.37. The summed E-state index contributed by atoms with van der Waals surface area (Å²) in [6, 6.07) is 11.8. The van der Waals surface area contributed by atoms with Crippen molar-refractivity contribution in [3.63, 3.8) is 0 Å². The highest BCUT2D eigenvalue weighted by Gasteiger charge is 2.17. The van der Waals surface area contributed by atoms with Crippen molar-refractivity contribution in [2.24, 2.45) is 0 Å². The lowest BCUT2D eigenvalue weighted by Crippen LogP contribution is -2.41. The van der Waals surface area contributed by atoms with E-state index in [2.05, 4.69) is 15.8 Å². The minimum absolute atomic E-state index is 0.242. The molecule has 2 aromatic carbocycles. The summed E-state index contributed by atoms with van der Waals surface area (Å²) in [6.45, 7) is 1.68. The molecule has 0 spiro atoms. The van der Waals surface area contributed by atoms with E-state index in [0.717, 1.165) is 17.7 Å². The zero-order valence-electron chi connectivity index (χ0n) is 13.5. The molecule has 3 aromatic rings. The number of nitrogens with zero attached hydrogens (tertiary/aromatic N) is 1. The molecule has 0 atom stereocenters. The van der Waals surface area contributed by atoms with Crippen LogP contribution in [0.4, 0.5) is 8.78 Å². The van der Waals surface area contributed by atoms with E-state index < -0.39 is 23.4 Å². The van der Waals surface area contributed by atoms with Crippen molar-refractivity contribution < 1.29 is 18.4 Å². The number of rotatable bonds is 3. The van der Waals surface area contributed by atoms with Crippen molar-refractivity contribution in [1.82, 2.24) is 15.8 Å². The molecule has 132 valence electrons. The molecule has 26 heavy (non-hydrogen) atoms. The summed E-state index contributed by atoms with van der Waals surface area (Å²) < 4.78 is 26.3. The predicted octanol–water partition coefficient (Wildman–Crippen LogP) is 3.47. The molecule has 0 radical (unpaired) electrons. The van der Waals surface area contributed by atoms with Gasteiger partial charge in [-0.05, 0) is 19.1 Å². The van der Waals surface area contributed by atoms with Crippen LogP contribution in [0, 0.1) is 18.6 Å². The number of hydrogen-bond acceptors (Lipinski definition) is 4. The number of carbonyl (C=O) groups excluding carboxylic acids is 2. The minimum atomic E-state index is -0.882. The normalized spacial score (nSPS) is 10.4. The van der Waals surface area contributed by atoms with Gasteiger partial charge in [-0.25, -0.2) is 13.8 Å². The standard InChI is InChI=1S/C18H13F2N3O2S/c1-10-15(26-18(21-10)11-5-3-2-4-6-11)17(25)23-22-16(24)12-7-13(19)9-14(20)8-12/h2-9H,1H3,(H,22,24)(H,23,25). The Bertz CT molecular complexity index is 954. The molecular formula is C18H13F2N3O2S. The van der Waals surface area contributed by atoms with Crippen molar-refractivity contribution in [3.05, 3.63) is 76.3 Å². The number of amides is 2. The third-order valence-corrected chi connectivity index (χ3v) is 4.64. The summed E-state index contributed by atoms with van der Waals surface area (Å²) in [4.78, 5) is 28.9. The highest BCUT2D eigenvalue weighted by atomic mass is 32.1. The minimum Gasteiger partial charge on any atom is -0.267 e. The highest BCUT2D eigenvalue weighted by Crippen LogP contribution is 2.27. The molecule has 0 aliphatic carbocycles. The topological polar surface area (TPSA) is 71.1 Å². The first kappa shape index (κ1) is 17.7. The summed E-state index contributed by atoms with van der Waals surface area (Å²) in [6.07, 6.45) is 0. The SMILES string of the molecule is Cc1nc(-c2ccccc2)sc1C(=O)NNC(=O)c1cc(F)cc(F)c1. The Labute approximate surface area is 151 Å². The summed E-state index contributed by atoms with van der Waals surface area (Å²) in [5.74, 6) is -3.16. The molecule has 3 rings (SSSR count). The second-order valence-corrected chi connectivity index (χ2v) is 6.37. The van der Waals surface area contributed by atoms with Crippen LogP contribution in [0.25, 0.3) is 10.6 Å². The molecule has 0 saturated heterocycles. The quantitative estimate of drug-likeness (QED) is 0.691. The molecule has 0 unspecified atom stereocenters. The Balaban J connectivity index is 1.70. The van der Waals surface area contributed by atoms with Crippen LogP contribution in [0.3, 0.4) is 0 Å². The summed E-state index contributed by atoms with van der Waals surface area (Å²) in [5.41, 5.74) is 5.51. The van der Waals surface area contributed by atoms with E-state index in [1.165, 1.54) is 11.3 Å². The first-order valence-electron chi connectivity index (χ1n) is 7.53. The molecule has 2 N–H and O–H groups in total. The van der Waals surface area contributed by atoms with Crippen LogP contribution in [0.2, 0.25) is 0 Å². The van der Waals surface area contributed by atoms with E-state index in [9.17, 15) is 18.4 Å². The van der Waals surface area contributed by atoms with Gasteiger partial charge < -0.3 is 0 Å². The molecule has 1 heterocycles. The Morgan fingerprint density at radius 3 is 2.23 bits per heavy atom. The van der Waals surface area contributed by atoms with Gasteiger partial charge in [0.1, 0.15) is 21.5 Å². The average Bonchev–Trinajstić information content (AvgIpc) is 3.01. The number of aryl methyl sites for hydroxylation is 1. The van der Waals surface area contributed by atoms with Gasteiger partial charge in [0, 0.05) is 17.2 Å². The summed E-state index contributed by atoms with van der Waals surface area (Å²) in [7, 11) is 0. The van der Waals surface area contributed by atoms with Crippen LogP contribution >= 0.6 is 11.3 Å². The van der Waals surface area contributed by atoms with Crippen LogP contribution in [-0.4, -0.2) is 16.8 Å². The van der Waals surface area contributed by atoms with Gasteiger partial charge >= 0.3 is 0 Å². The third-order valence-electron chi connectivity index (χ3n) is 3.44. The molecule has 8 heteroatoms. The maximum absolute atomic E-state index is 13.2. The smallest absolute Gasteiger partial charge is 0.267 e. The van der Waals surface area contributed by atoms with Crippen molar-refractivity contribution in [1.29, 1.82) is 0 Å². The van der Waals surface area contributed by atoms with Gasteiger partial charge in [-0.15, -0.1) is 11.3 Å². The van der Waals surface area contributed by atoms with Gasteiger partial charge in [-0.1, -0.05) is 30.3 Å². The number of halogens is 2. The zero-order valence-corrected chi connectivity index (χ0v) is 14.4. The van der Waals surface area contributed by atoms with E-state index in [0.29, 0.717) is 21.6 Å². The van der Waals surface area contributed by atoms with Crippen LogP contribution in [-0.2, 0) is 0 Å². The second kappa shape index (κ2) is 7.40. The lowest BCUT2D eigenvalue weighted by molar-refractivity contribution is 0.0848. The highest BCUT2D eigenvalue weighted by molar-refractivity contribution is 7.17.